The molecule has 1 aliphatic heterocycles. The molecule has 0 saturated carbocycles. The van der Waals surface area contributed by atoms with E-state index in [-0.39, 0.29) is 31.3 Å². The highest BCUT2D eigenvalue weighted by Gasteiger charge is 2.36. The third-order valence-corrected chi connectivity index (χ3v) is 9.43. The fourth-order valence-electron chi connectivity index (χ4n) is 5.35. The van der Waals surface area contributed by atoms with Gasteiger partial charge in [-0.15, -0.1) is 0 Å². The Kier molecular flexibility index (Phi) is 8.61. The quantitative estimate of drug-likeness (QED) is 0.248. The Morgan fingerprint density at radius 3 is 2.32 bits per heavy atom. The first-order valence-electron chi connectivity index (χ1n) is 13.7. The van der Waals surface area contributed by atoms with Crippen molar-refractivity contribution in [2.45, 2.75) is 43.7 Å². The van der Waals surface area contributed by atoms with Gasteiger partial charge in [-0.3, -0.25) is 13.9 Å². The van der Waals surface area contributed by atoms with E-state index < -0.39 is 16.1 Å². The van der Waals surface area contributed by atoms with Gasteiger partial charge >= 0.3 is 0 Å². The second kappa shape index (κ2) is 12.3. The number of benzene rings is 4. The Morgan fingerprint density at radius 2 is 1.61 bits per heavy atom. The molecule has 0 radical (unpaired) electrons. The highest BCUT2D eigenvalue weighted by molar-refractivity contribution is 7.93. The van der Waals surface area contributed by atoms with Gasteiger partial charge in [-0.1, -0.05) is 78.3 Å². The van der Waals surface area contributed by atoms with Crippen LogP contribution in [0.1, 0.15) is 30.9 Å². The predicted octanol–water partition coefficient (Wildman–Crippen LogP) is 5.56. The minimum absolute atomic E-state index is 0.0800. The fourth-order valence-corrected chi connectivity index (χ4v) is 7.22. The van der Waals surface area contributed by atoms with Crippen LogP contribution in [0.5, 0.6) is 0 Å². The van der Waals surface area contributed by atoms with Gasteiger partial charge in [0.05, 0.1) is 10.6 Å². The lowest BCUT2D eigenvalue weighted by atomic mass is 10.0. The van der Waals surface area contributed by atoms with Crippen molar-refractivity contribution < 1.29 is 18.0 Å². The Bertz CT molecular complexity index is 1650. The molecule has 5 rings (SSSR count). The number of likely N-dealkylation sites (N-methyl/N-ethyl adjacent to an activating group) is 1. The van der Waals surface area contributed by atoms with Gasteiger partial charge in [0, 0.05) is 42.9 Å². The van der Waals surface area contributed by atoms with Gasteiger partial charge < -0.3 is 10.2 Å². The molecule has 2 amide bonds. The van der Waals surface area contributed by atoms with Crippen LogP contribution in [0.4, 0.5) is 5.69 Å². The normalized spacial score (nSPS) is 14.1. The summed E-state index contributed by atoms with van der Waals surface area (Å²) in [5.74, 6) is -0.456. The Balaban J connectivity index is 1.38. The zero-order valence-electron chi connectivity index (χ0n) is 22.8. The van der Waals surface area contributed by atoms with Crippen molar-refractivity contribution in [2.24, 2.45) is 0 Å². The lowest BCUT2D eigenvalue weighted by Crippen LogP contribution is -2.50. The molecule has 7 nitrogen and oxygen atoms in total. The summed E-state index contributed by atoms with van der Waals surface area (Å²) < 4.78 is 28.2. The Hall–Kier alpha value is -3.88. The monoisotopic (exact) mass is 589 g/mol. The number of hydrogen-bond donors (Lipinski definition) is 1. The standard InChI is InChI=1S/C32H32ClN3O4S/c1-2-34-32(38)28(21-23-9-4-3-5-10-23)35(22-24-16-18-26(33)19-17-24)30(37)15-8-20-36-27-13-6-11-25-12-7-14-29(31(25)27)41(36,39)40/h3-7,9-14,16-19,28H,2,8,15,20-22H2,1H3,(H,34,38)/t28-/m1/s1. The summed E-state index contributed by atoms with van der Waals surface area (Å²) in [7, 11) is -3.72. The van der Waals surface area contributed by atoms with Crippen molar-refractivity contribution in [3.8, 4) is 0 Å². The molecule has 0 unspecified atom stereocenters. The van der Waals surface area contributed by atoms with E-state index in [9.17, 15) is 18.0 Å². The van der Waals surface area contributed by atoms with Crippen LogP contribution in [0.25, 0.3) is 10.8 Å². The number of nitrogens with one attached hydrogen (secondary N) is 1. The molecule has 1 heterocycles. The number of carbonyl (C=O) groups excluding carboxylic acids is 2. The van der Waals surface area contributed by atoms with Gasteiger partial charge in [-0.2, -0.15) is 0 Å². The number of anilines is 1. The van der Waals surface area contributed by atoms with E-state index in [4.69, 9.17) is 11.6 Å². The topological polar surface area (TPSA) is 86.8 Å². The molecular formula is C32H32ClN3O4S. The first-order valence-corrected chi connectivity index (χ1v) is 15.5. The molecular weight excluding hydrogens is 558 g/mol. The van der Waals surface area contributed by atoms with E-state index in [1.807, 2.05) is 67.6 Å². The Labute approximate surface area is 245 Å². The maximum absolute atomic E-state index is 13.9. The van der Waals surface area contributed by atoms with Gasteiger partial charge in [-0.25, -0.2) is 8.42 Å². The molecule has 0 saturated heterocycles. The van der Waals surface area contributed by atoms with Gasteiger partial charge in [0.2, 0.25) is 11.8 Å². The third-order valence-electron chi connectivity index (χ3n) is 7.32. The summed E-state index contributed by atoms with van der Waals surface area (Å²) in [6.45, 7) is 2.66. The highest BCUT2D eigenvalue weighted by Crippen LogP contribution is 2.42. The zero-order chi connectivity index (χ0) is 29.0. The second-order valence-corrected chi connectivity index (χ2v) is 12.3. The molecule has 0 aliphatic carbocycles. The number of rotatable bonds is 11. The van der Waals surface area contributed by atoms with E-state index in [2.05, 4.69) is 5.32 Å². The van der Waals surface area contributed by atoms with E-state index >= 15 is 0 Å². The van der Waals surface area contributed by atoms with Crippen LogP contribution in [0.15, 0.2) is 95.9 Å². The summed E-state index contributed by atoms with van der Waals surface area (Å²) in [5, 5.41) is 5.05. The molecule has 4 aromatic rings. The van der Waals surface area contributed by atoms with E-state index in [1.165, 1.54) is 4.31 Å². The summed E-state index contributed by atoms with van der Waals surface area (Å²) >= 11 is 6.09. The van der Waals surface area contributed by atoms with Crippen LogP contribution in [-0.4, -0.2) is 44.3 Å². The van der Waals surface area contributed by atoms with Crippen molar-refractivity contribution in [1.82, 2.24) is 10.2 Å². The maximum atomic E-state index is 13.9. The van der Waals surface area contributed by atoms with Crippen LogP contribution in [-0.2, 0) is 32.6 Å². The second-order valence-electron chi connectivity index (χ2n) is 10.1. The number of amides is 2. The molecule has 1 aliphatic rings. The van der Waals surface area contributed by atoms with Crippen LogP contribution in [0.2, 0.25) is 5.02 Å². The van der Waals surface area contributed by atoms with Crippen molar-refractivity contribution in [2.75, 3.05) is 17.4 Å². The highest BCUT2D eigenvalue weighted by atomic mass is 35.5. The molecule has 1 atom stereocenters. The third kappa shape index (κ3) is 6.09. The van der Waals surface area contributed by atoms with Gasteiger partial charge in [0.15, 0.2) is 0 Å². The molecule has 1 N–H and O–H groups in total. The number of sulfonamides is 1. The number of nitrogens with zero attached hydrogens (tertiary/aromatic N) is 2. The van der Waals surface area contributed by atoms with Crippen LogP contribution < -0.4 is 9.62 Å². The molecule has 4 aromatic carbocycles. The molecule has 212 valence electrons. The van der Waals surface area contributed by atoms with E-state index in [1.54, 1.807) is 35.2 Å². The molecule has 9 heteroatoms. The number of halogens is 1. The molecule has 0 spiro atoms. The SMILES string of the molecule is CCNC(=O)[C@@H](Cc1ccccc1)N(Cc1ccc(Cl)cc1)C(=O)CCCN1c2cccc3cccc(c23)S1(=O)=O. The molecule has 41 heavy (non-hydrogen) atoms. The average molecular weight is 590 g/mol. The van der Waals surface area contributed by atoms with Crippen LogP contribution in [0, 0.1) is 0 Å². The molecule has 0 fully saturated rings. The molecule has 0 bridgehead atoms. The minimum Gasteiger partial charge on any atom is -0.355 e. The van der Waals surface area contributed by atoms with E-state index in [0.29, 0.717) is 40.4 Å². The number of carbonyl (C=O) groups is 2. The van der Waals surface area contributed by atoms with Crippen molar-refractivity contribution in [3.63, 3.8) is 0 Å². The average Bonchev–Trinajstić information content (AvgIpc) is 3.19. The lowest BCUT2D eigenvalue weighted by molar-refractivity contribution is -0.141. The van der Waals surface area contributed by atoms with Gasteiger partial charge in [-0.05, 0) is 54.1 Å². The van der Waals surface area contributed by atoms with Gasteiger partial charge in [0.1, 0.15) is 6.04 Å². The summed E-state index contributed by atoms with van der Waals surface area (Å²) in [4.78, 5) is 29.1. The Morgan fingerprint density at radius 1 is 0.902 bits per heavy atom. The summed E-state index contributed by atoms with van der Waals surface area (Å²) in [6.07, 6.45) is 0.730. The van der Waals surface area contributed by atoms with Crippen molar-refractivity contribution >= 4 is 49.9 Å². The van der Waals surface area contributed by atoms with Crippen molar-refractivity contribution in [3.05, 3.63) is 107 Å². The predicted molar refractivity (Wildman–Crippen MR) is 162 cm³/mol. The van der Waals surface area contributed by atoms with Gasteiger partial charge in [0.25, 0.3) is 10.0 Å². The first kappa shape index (κ1) is 28.6. The molecule has 0 aromatic heterocycles. The largest absolute Gasteiger partial charge is 0.355 e. The smallest absolute Gasteiger partial charge is 0.265 e. The maximum Gasteiger partial charge on any atom is 0.265 e. The van der Waals surface area contributed by atoms with Crippen LogP contribution >= 0.6 is 11.6 Å². The zero-order valence-corrected chi connectivity index (χ0v) is 24.4. The van der Waals surface area contributed by atoms with Crippen molar-refractivity contribution in [1.29, 1.82) is 0 Å². The van der Waals surface area contributed by atoms with E-state index in [0.717, 1.165) is 16.5 Å². The minimum atomic E-state index is -3.72. The first-order chi connectivity index (χ1) is 19.8. The summed E-state index contributed by atoms with van der Waals surface area (Å²) in [5.41, 5.74) is 2.41. The lowest BCUT2D eigenvalue weighted by Gasteiger charge is -2.32. The summed E-state index contributed by atoms with van der Waals surface area (Å²) in [6, 6.07) is 26.9. The number of hydrogen-bond acceptors (Lipinski definition) is 4. The fraction of sp³-hybridized carbons (Fsp3) is 0.250. The van der Waals surface area contributed by atoms with Crippen LogP contribution in [0.3, 0.4) is 0 Å².